The average Bonchev–Trinajstić information content (AvgIpc) is 2.81. The zero-order chi connectivity index (χ0) is 9.38. The van der Waals surface area contributed by atoms with Crippen LogP contribution in [0.5, 0.6) is 0 Å². The molecule has 1 saturated heterocycles. The van der Waals surface area contributed by atoms with Crippen molar-refractivity contribution in [1.82, 2.24) is 10.2 Å². The molecule has 0 aromatic heterocycles. The van der Waals surface area contributed by atoms with Crippen LogP contribution in [0.25, 0.3) is 0 Å². The summed E-state index contributed by atoms with van der Waals surface area (Å²) in [5.41, 5.74) is 0. The second-order valence-electron chi connectivity index (χ2n) is 5.09. The summed E-state index contributed by atoms with van der Waals surface area (Å²) in [4.78, 5) is 2.65. The van der Waals surface area contributed by atoms with Crippen LogP contribution in [0.4, 0.5) is 0 Å². The Morgan fingerprint density at radius 3 is 2.64 bits per heavy atom. The van der Waals surface area contributed by atoms with Crippen molar-refractivity contribution in [2.75, 3.05) is 32.7 Å². The van der Waals surface area contributed by atoms with E-state index in [1.54, 1.807) is 0 Å². The van der Waals surface area contributed by atoms with Crippen LogP contribution in [0, 0.1) is 17.8 Å². The molecule has 0 radical (unpaired) electrons. The normalized spacial score (nSPS) is 42.1. The Kier molecular flexibility index (Phi) is 2.34. The molecule has 3 aliphatic rings. The van der Waals surface area contributed by atoms with Gasteiger partial charge in [0.15, 0.2) is 0 Å². The minimum absolute atomic E-state index is 0.926. The molecular formula is C12H20N2. The van der Waals surface area contributed by atoms with E-state index in [1.165, 1.54) is 45.6 Å². The zero-order valence-corrected chi connectivity index (χ0v) is 8.78. The fraction of sp³-hybridized carbons (Fsp3) is 0.833. The van der Waals surface area contributed by atoms with Crippen molar-refractivity contribution in [3.8, 4) is 0 Å². The Balaban J connectivity index is 1.54. The van der Waals surface area contributed by atoms with Gasteiger partial charge < -0.3 is 10.2 Å². The molecule has 3 atom stereocenters. The molecule has 0 aromatic rings. The van der Waals surface area contributed by atoms with Crippen LogP contribution in [0.2, 0.25) is 0 Å². The summed E-state index contributed by atoms with van der Waals surface area (Å²) in [6.07, 6.45) is 7.84. The highest BCUT2D eigenvalue weighted by atomic mass is 15.2. The van der Waals surface area contributed by atoms with E-state index >= 15 is 0 Å². The van der Waals surface area contributed by atoms with Gasteiger partial charge >= 0.3 is 0 Å². The quantitative estimate of drug-likeness (QED) is 0.659. The van der Waals surface area contributed by atoms with Gasteiger partial charge in [-0.15, -0.1) is 0 Å². The molecule has 3 rings (SSSR count). The number of nitrogens with zero attached hydrogens (tertiary/aromatic N) is 1. The first kappa shape index (κ1) is 8.93. The maximum atomic E-state index is 3.42. The fourth-order valence-corrected chi connectivity index (χ4v) is 3.33. The van der Waals surface area contributed by atoms with Crippen LogP contribution in [-0.2, 0) is 0 Å². The summed E-state index contributed by atoms with van der Waals surface area (Å²) < 4.78 is 0. The van der Waals surface area contributed by atoms with Crippen molar-refractivity contribution in [3.05, 3.63) is 12.2 Å². The largest absolute Gasteiger partial charge is 0.314 e. The first-order chi connectivity index (χ1) is 6.92. The monoisotopic (exact) mass is 192 g/mol. The zero-order valence-electron chi connectivity index (χ0n) is 8.78. The SMILES string of the molecule is C1=C[C@@H]2C[C@@H]1C[C@@H]2CN1CCNCC1. The number of hydrogen-bond donors (Lipinski definition) is 1. The van der Waals surface area contributed by atoms with Crippen LogP contribution in [0.1, 0.15) is 12.8 Å². The van der Waals surface area contributed by atoms with Crippen molar-refractivity contribution in [1.29, 1.82) is 0 Å². The van der Waals surface area contributed by atoms with Gasteiger partial charge in [0.25, 0.3) is 0 Å². The van der Waals surface area contributed by atoms with Crippen LogP contribution < -0.4 is 5.32 Å². The number of allylic oxidation sites excluding steroid dienone is 2. The van der Waals surface area contributed by atoms with E-state index in [2.05, 4.69) is 22.4 Å². The van der Waals surface area contributed by atoms with Crippen LogP contribution >= 0.6 is 0 Å². The second-order valence-corrected chi connectivity index (χ2v) is 5.09. The number of piperazine rings is 1. The molecule has 0 amide bonds. The van der Waals surface area contributed by atoms with Crippen LogP contribution in [0.3, 0.4) is 0 Å². The van der Waals surface area contributed by atoms with E-state index in [4.69, 9.17) is 0 Å². The predicted octanol–water partition coefficient (Wildman–Crippen LogP) is 1.10. The number of rotatable bonds is 2. The van der Waals surface area contributed by atoms with Gasteiger partial charge in [0.1, 0.15) is 0 Å². The van der Waals surface area contributed by atoms with E-state index in [9.17, 15) is 0 Å². The number of fused-ring (bicyclic) bond motifs is 2. The molecule has 1 aliphatic heterocycles. The van der Waals surface area contributed by atoms with E-state index < -0.39 is 0 Å². The molecule has 0 unspecified atom stereocenters. The molecule has 1 saturated carbocycles. The summed E-state index contributed by atoms with van der Waals surface area (Å²) in [5.74, 6) is 2.84. The highest BCUT2D eigenvalue weighted by molar-refractivity contribution is 5.10. The molecule has 2 fully saturated rings. The Labute approximate surface area is 86.4 Å². The molecule has 0 spiro atoms. The van der Waals surface area contributed by atoms with Crippen molar-refractivity contribution in [3.63, 3.8) is 0 Å². The third kappa shape index (κ3) is 1.61. The van der Waals surface area contributed by atoms with Gasteiger partial charge in [-0.3, -0.25) is 0 Å². The van der Waals surface area contributed by atoms with Crippen LogP contribution in [-0.4, -0.2) is 37.6 Å². The van der Waals surface area contributed by atoms with E-state index in [1.807, 2.05) is 0 Å². The van der Waals surface area contributed by atoms with Gasteiger partial charge in [0.2, 0.25) is 0 Å². The molecule has 2 heteroatoms. The first-order valence-corrected chi connectivity index (χ1v) is 6.03. The lowest BCUT2D eigenvalue weighted by molar-refractivity contribution is 0.193. The summed E-state index contributed by atoms with van der Waals surface area (Å²) in [7, 11) is 0. The van der Waals surface area contributed by atoms with Gasteiger partial charge in [0, 0.05) is 32.7 Å². The molecule has 78 valence electrons. The standard InChI is InChI=1S/C12H20N2/c1-2-11-7-10(1)8-12(11)9-14-5-3-13-4-6-14/h1-2,10-13H,3-9H2/t10-,11-,12-/m1/s1. The molecule has 2 aliphatic carbocycles. The molecule has 2 nitrogen and oxygen atoms in total. The van der Waals surface area contributed by atoms with E-state index in [0.717, 1.165) is 17.8 Å². The number of hydrogen-bond acceptors (Lipinski definition) is 2. The Bertz CT molecular complexity index is 230. The minimum atomic E-state index is 0.926. The molecule has 1 N–H and O–H groups in total. The lowest BCUT2D eigenvalue weighted by atomic mass is 9.93. The minimum Gasteiger partial charge on any atom is -0.314 e. The van der Waals surface area contributed by atoms with Gasteiger partial charge in [-0.2, -0.15) is 0 Å². The Morgan fingerprint density at radius 1 is 1.14 bits per heavy atom. The van der Waals surface area contributed by atoms with Gasteiger partial charge in [-0.1, -0.05) is 12.2 Å². The average molecular weight is 192 g/mol. The van der Waals surface area contributed by atoms with Gasteiger partial charge in [-0.05, 0) is 30.6 Å². The Morgan fingerprint density at radius 2 is 2.00 bits per heavy atom. The highest BCUT2D eigenvalue weighted by Crippen LogP contribution is 2.43. The first-order valence-electron chi connectivity index (χ1n) is 6.03. The fourth-order valence-electron chi connectivity index (χ4n) is 3.33. The summed E-state index contributed by atoms with van der Waals surface area (Å²) in [5, 5.41) is 3.42. The summed E-state index contributed by atoms with van der Waals surface area (Å²) in [6.45, 7) is 6.26. The number of nitrogens with one attached hydrogen (secondary N) is 1. The molecule has 0 aromatic carbocycles. The van der Waals surface area contributed by atoms with E-state index in [-0.39, 0.29) is 0 Å². The molecule has 2 bridgehead atoms. The van der Waals surface area contributed by atoms with Crippen molar-refractivity contribution in [2.45, 2.75) is 12.8 Å². The molecular weight excluding hydrogens is 172 g/mol. The lowest BCUT2D eigenvalue weighted by Gasteiger charge is -2.31. The Hall–Kier alpha value is -0.340. The maximum absolute atomic E-state index is 3.42. The third-order valence-electron chi connectivity index (χ3n) is 4.12. The topological polar surface area (TPSA) is 15.3 Å². The maximum Gasteiger partial charge on any atom is 0.0107 e. The third-order valence-corrected chi connectivity index (χ3v) is 4.12. The smallest absolute Gasteiger partial charge is 0.0107 e. The van der Waals surface area contributed by atoms with Crippen molar-refractivity contribution >= 4 is 0 Å². The van der Waals surface area contributed by atoms with Crippen molar-refractivity contribution < 1.29 is 0 Å². The summed E-state index contributed by atoms with van der Waals surface area (Å²) in [6, 6.07) is 0. The van der Waals surface area contributed by atoms with Gasteiger partial charge in [-0.25, -0.2) is 0 Å². The van der Waals surface area contributed by atoms with Gasteiger partial charge in [0.05, 0.1) is 0 Å². The second kappa shape index (κ2) is 3.67. The highest BCUT2D eigenvalue weighted by Gasteiger charge is 2.36. The molecule has 14 heavy (non-hydrogen) atoms. The van der Waals surface area contributed by atoms with Crippen LogP contribution in [0.15, 0.2) is 12.2 Å². The van der Waals surface area contributed by atoms with E-state index in [0.29, 0.717) is 0 Å². The predicted molar refractivity (Wildman–Crippen MR) is 58.2 cm³/mol. The lowest BCUT2D eigenvalue weighted by Crippen LogP contribution is -2.45. The molecule has 1 heterocycles. The van der Waals surface area contributed by atoms with Crippen molar-refractivity contribution in [2.24, 2.45) is 17.8 Å². The summed E-state index contributed by atoms with van der Waals surface area (Å²) >= 11 is 0.